The molecule has 1 aliphatic heterocycles. The van der Waals surface area contributed by atoms with E-state index in [1.54, 1.807) is 0 Å². The molecule has 3 N–H and O–H groups in total. The molecule has 5 heteroatoms. The van der Waals surface area contributed by atoms with E-state index < -0.39 is 0 Å². The number of aromatic amines is 1. The van der Waals surface area contributed by atoms with Crippen molar-refractivity contribution >= 4 is 11.7 Å². The molecule has 1 amide bonds. The Morgan fingerprint density at radius 2 is 2.14 bits per heavy atom. The molecule has 0 spiro atoms. The average molecular weight is 304 g/mol. The summed E-state index contributed by atoms with van der Waals surface area (Å²) < 4.78 is 0. The summed E-state index contributed by atoms with van der Waals surface area (Å²) >= 11 is 0. The molecule has 5 nitrogen and oxygen atoms in total. The number of aromatic nitrogens is 2. The van der Waals surface area contributed by atoms with Crippen LogP contribution in [0, 0.1) is 11.8 Å². The molecule has 2 atom stereocenters. The van der Waals surface area contributed by atoms with Gasteiger partial charge in [-0.3, -0.25) is 9.89 Å². The lowest BCUT2D eigenvalue weighted by molar-refractivity contribution is -0.120. The Balaban J connectivity index is 1.51. The van der Waals surface area contributed by atoms with Crippen molar-refractivity contribution in [3.8, 4) is 0 Å². The minimum Gasteiger partial charge on any atom is -0.314 e. The van der Waals surface area contributed by atoms with Crippen LogP contribution in [0.1, 0.15) is 57.6 Å². The Morgan fingerprint density at radius 1 is 1.32 bits per heavy atom. The van der Waals surface area contributed by atoms with E-state index in [2.05, 4.69) is 27.8 Å². The Morgan fingerprint density at radius 3 is 2.91 bits per heavy atom. The molecule has 1 saturated carbocycles. The van der Waals surface area contributed by atoms with Crippen LogP contribution in [0.2, 0.25) is 0 Å². The first-order valence-corrected chi connectivity index (χ1v) is 8.79. The van der Waals surface area contributed by atoms with Crippen molar-refractivity contribution in [3.05, 3.63) is 11.8 Å². The van der Waals surface area contributed by atoms with Gasteiger partial charge >= 0.3 is 0 Å². The molecule has 0 aromatic carbocycles. The van der Waals surface area contributed by atoms with E-state index in [-0.39, 0.29) is 11.8 Å². The Bertz CT molecular complexity index is 493. The highest BCUT2D eigenvalue weighted by molar-refractivity contribution is 5.91. The van der Waals surface area contributed by atoms with Gasteiger partial charge in [0, 0.05) is 23.7 Å². The smallest absolute Gasteiger partial charge is 0.228 e. The van der Waals surface area contributed by atoms with Crippen LogP contribution in [-0.4, -0.2) is 28.7 Å². The molecule has 0 unspecified atom stereocenters. The maximum Gasteiger partial charge on any atom is 0.228 e. The fraction of sp³-hybridized carbons (Fsp3) is 0.765. The second-order valence-corrected chi connectivity index (χ2v) is 7.05. The summed E-state index contributed by atoms with van der Waals surface area (Å²) in [6.07, 6.45) is 9.64. The van der Waals surface area contributed by atoms with Crippen LogP contribution in [0.25, 0.3) is 0 Å². The molecule has 2 fully saturated rings. The van der Waals surface area contributed by atoms with Gasteiger partial charge in [-0.25, -0.2) is 0 Å². The van der Waals surface area contributed by atoms with Crippen molar-refractivity contribution < 1.29 is 4.79 Å². The highest BCUT2D eigenvalue weighted by Gasteiger charge is 2.25. The number of carbonyl (C=O) groups is 1. The summed E-state index contributed by atoms with van der Waals surface area (Å²) in [5.74, 6) is 1.68. The first-order valence-electron chi connectivity index (χ1n) is 8.79. The van der Waals surface area contributed by atoms with Gasteiger partial charge in [-0.15, -0.1) is 0 Å². The van der Waals surface area contributed by atoms with E-state index in [1.807, 2.05) is 6.07 Å². The van der Waals surface area contributed by atoms with Gasteiger partial charge < -0.3 is 10.6 Å². The number of anilines is 1. The number of amides is 1. The fourth-order valence-corrected chi connectivity index (χ4v) is 3.83. The van der Waals surface area contributed by atoms with Crippen LogP contribution in [0.5, 0.6) is 0 Å². The van der Waals surface area contributed by atoms with E-state index in [9.17, 15) is 4.79 Å². The summed E-state index contributed by atoms with van der Waals surface area (Å²) in [6.45, 7) is 3.06. The van der Waals surface area contributed by atoms with Gasteiger partial charge in [0.2, 0.25) is 5.91 Å². The molecule has 122 valence electrons. The van der Waals surface area contributed by atoms with Gasteiger partial charge in [0.1, 0.15) is 0 Å². The molecule has 1 aliphatic carbocycles. The molecule has 2 aliphatic rings. The predicted molar refractivity (Wildman–Crippen MR) is 87.7 cm³/mol. The summed E-state index contributed by atoms with van der Waals surface area (Å²) in [7, 11) is 0. The molecular weight excluding hydrogens is 276 g/mol. The van der Waals surface area contributed by atoms with Crippen molar-refractivity contribution in [1.29, 1.82) is 0 Å². The van der Waals surface area contributed by atoms with Crippen molar-refractivity contribution in [2.45, 2.75) is 64.3 Å². The molecule has 3 rings (SSSR count). The summed E-state index contributed by atoms with van der Waals surface area (Å²) in [5, 5.41) is 13.7. The first kappa shape index (κ1) is 15.5. The van der Waals surface area contributed by atoms with Crippen molar-refractivity contribution in [2.24, 2.45) is 11.8 Å². The third-order valence-corrected chi connectivity index (χ3v) is 5.11. The van der Waals surface area contributed by atoms with Crippen LogP contribution >= 0.6 is 0 Å². The molecular formula is C17H28N4O. The third kappa shape index (κ3) is 4.09. The molecule has 22 heavy (non-hydrogen) atoms. The van der Waals surface area contributed by atoms with Crippen LogP contribution in [-0.2, 0) is 11.2 Å². The monoisotopic (exact) mass is 304 g/mol. The van der Waals surface area contributed by atoms with Crippen molar-refractivity contribution in [2.75, 3.05) is 11.9 Å². The highest BCUT2D eigenvalue weighted by Crippen LogP contribution is 2.27. The Kier molecular flexibility index (Phi) is 5.13. The summed E-state index contributed by atoms with van der Waals surface area (Å²) in [5.41, 5.74) is 1.15. The average Bonchev–Trinajstić information content (AvgIpc) is 2.95. The maximum atomic E-state index is 12.3. The van der Waals surface area contributed by atoms with E-state index in [1.165, 1.54) is 32.1 Å². The number of rotatable bonds is 4. The minimum absolute atomic E-state index is 0.106. The van der Waals surface area contributed by atoms with Gasteiger partial charge in [-0.1, -0.05) is 32.1 Å². The second kappa shape index (κ2) is 7.27. The highest BCUT2D eigenvalue weighted by atomic mass is 16.2. The fourth-order valence-electron chi connectivity index (χ4n) is 3.83. The number of nitrogens with one attached hydrogen (secondary N) is 3. The first-order chi connectivity index (χ1) is 10.7. The lowest BCUT2D eigenvalue weighted by atomic mass is 9.86. The molecule has 0 bridgehead atoms. The number of hydrogen-bond donors (Lipinski definition) is 3. The normalized spacial score (nSPS) is 26.8. The number of carbonyl (C=O) groups excluding carboxylic acids is 1. The number of H-pyrrole nitrogens is 1. The zero-order chi connectivity index (χ0) is 15.4. The summed E-state index contributed by atoms with van der Waals surface area (Å²) in [4.78, 5) is 12.3. The van der Waals surface area contributed by atoms with Crippen LogP contribution in [0.15, 0.2) is 6.07 Å². The molecule has 1 saturated heterocycles. The van der Waals surface area contributed by atoms with Crippen molar-refractivity contribution in [3.63, 3.8) is 0 Å². The second-order valence-electron chi connectivity index (χ2n) is 7.05. The van der Waals surface area contributed by atoms with Gasteiger partial charge in [-0.2, -0.15) is 5.10 Å². The van der Waals surface area contributed by atoms with Crippen LogP contribution < -0.4 is 10.6 Å². The summed E-state index contributed by atoms with van der Waals surface area (Å²) in [6, 6.07) is 2.43. The van der Waals surface area contributed by atoms with Crippen LogP contribution in [0.3, 0.4) is 0 Å². The number of piperidine rings is 1. The van der Waals surface area contributed by atoms with Crippen molar-refractivity contribution in [1.82, 2.24) is 15.5 Å². The van der Waals surface area contributed by atoms with E-state index in [0.29, 0.717) is 11.9 Å². The molecule has 1 aromatic rings. The van der Waals surface area contributed by atoms with Gasteiger partial charge in [0.15, 0.2) is 5.82 Å². The van der Waals surface area contributed by atoms with Gasteiger partial charge in [-0.05, 0) is 38.6 Å². The molecule has 0 radical (unpaired) electrons. The number of hydrogen-bond acceptors (Lipinski definition) is 3. The Labute approximate surface area is 132 Å². The third-order valence-electron chi connectivity index (χ3n) is 5.11. The Hall–Kier alpha value is -1.36. The van der Waals surface area contributed by atoms with Crippen LogP contribution in [0.4, 0.5) is 5.82 Å². The SMILES string of the molecule is C[C@H]1C[C@@H](C(=O)Nc2cc(CC3CCCCC3)[nH]n2)CCN1. The number of nitrogens with zero attached hydrogens (tertiary/aromatic N) is 1. The van der Waals surface area contributed by atoms with E-state index >= 15 is 0 Å². The van der Waals surface area contributed by atoms with Gasteiger partial charge in [0.25, 0.3) is 0 Å². The predicted octanol–water partition coefficient (Wildman–Crippen LogP) is 2.86. The lowest BCUT2D eigenvalue weighted by Gasteiger charge is -2.26. The maximum absolute atomic E-state index is 12.3. The lowest BCUT2D eigenvalue weighted by Crippen LogP contribution is -2.40. The topological polar surface area (TPSA) is 69.8 Å². The van der Waals surface area contributed by atoms with Gasteiger partial charge in [0.05, 0.1) is 0 Å². The largest absolute Gasteiger partial charge is 0.314 e. The molecule has 2 heterocycles. The zero-order valence-corrected chi connectivity index (χ0v) is 13.5. The standard InChI is InChI=1S/C17H28N4O/c1-12-9-14(7-8-18-12)17(22)19-16-11-15(20-21-16)10-13-5-3-2-4-6-13/h11-14,18H,2-10H2,1H3,(H2,19,20,21,22)/t12-,14-/m0/s1. The van der Waals surface area contributed by atoms with E-state index in [0.717, 1.165) is 37.4 Å². The minimum atomic E-state index is 0.106. The quantitative estimate of drug-likeness (QED) is 0.801. The zero-order valence-electron chi connectivity index (χ0n) is 13.5. The molecule has 1 aromatic heterocycles. The van der Waals surface area contributed by atoms with E-state index in [4.69, 9.17) is 0 Å².